The number of aromatic amines is 1. The summed E-state index contributed by atoms with van der Waals surface area (Å²) >= 11 is 0. The van der Waals surface area contributed by atoms with Gasteiger partial charge in [0.15, 0.2) is 0 Å². The van der Waals surface area contributed by atoms with Crippen molar-refractivity contribution < 1.29 is 20.1 Å². The molecular formula is C13H16N2O6. The number of nitrogens with one attached hydrogen (secondary N) is 1. The zero-order chi connectivity index (χ0) is 15.6. The quantitative estimate of drug-likeness (QED) is 0.523. The van der Waals surface area contributed by atoms with E-state index in [1.54, 1.807) is 0 Å². The molecule has 0 aliphatic heterocycles. The van der Waals surface area contributed by atoms with Crippen molar-refractivity contribution in [1.29, 1.82) is 0 Å². The lowest BCUT2D eigenvalue weighted by Crippen LogP contribution is -2.32. The summed E-state index contributed by atoms with van der Waals surface area (Å²) in [6, 6.07) is -0.349. The highest BCUT2D eigenvalue weighted by molar-refractivity contribution is 5.85. The zero-order valence-electron chi connectivity index (χ0n) is 11.1. The van der Waals surface area contributed by atoms with Gasteiger partial charge in [-0.25, -0.2) is 9.59 Å². The van der Waals surface area contributed by atoms with Crippen molar-refractivity contribution in [3.8, 4) is 0 Å². The monoisotopic (exact) mass is 296 g/mol. The fraction of sp³-hybridized carbons (Fsp3) is 0.462. The van der Waals surface area contributed by atoms with E-state index in [9.17, 15) is 19.5 Å². The van der Waals surface area contributed by atoms with E-state index >= 15 is 0 Å². The first-order chi connectivity index (χ1) is 9.92. The molecule has 0 unspecified atom stereocenters. The Morgan fingerprint density at radius 2 is 2.14 bits per heavy atom. The van der Waals surface area contributed by atoms with E-state index in [0.717, 1.165) is 12.2 Å². The number of rotatable bonds is 4. The Hall–Kier alpha value is -2.19. The summed E-state index contributed by atoms with van der Waals surface area (Å²) in [5.41, 5.74) is -1.26. The highest BCUT2D eigenvalue weighted by atomic mass is 16.4. The van der Waals surface area contributed by atoms with Crippen LogP contribution in [0, 0.1) is 5.92 Å². The summed E-state index contributed by atoms with van der Waals surface area (Å²) < 4.78 is 1.27. The second-order valence-electron chi connectivity index (χ2n) is 5.06. The largest absolute Gasteiger partial charge is 0.478 e. The van der Waals surface area contributed by atoms with Gasteiger partial charge in [0, 0.05) is 30.8 Å². The van der Waals surface area contributed by atoms with Gasteiger partial charge in [-0.3, -0.25) is 14.3 Å². The lowest BCUT2D eigenvalue weighted by molar-refractivity contribution is -0.131. The maximum atomic E-state index is 11.8. The third-order valence-corrected chi connectivity index (χ3v) is 3.66. The normalized spacial score (nSPS) is 25.5. The van der Waals surface area contributed by atoms with Crippen molar-refractivity contribution in [3.63, 3.8) is 0 Å². The summed E-state index contributed by atoms with van der Waals surface area (Å²) in [4.78, 5) is 36.1. The van der Waals surface area contributed by atoms with Gasteiger partial charge in [0.2, 0.25) is 0 Å². The van der Waals surface area contributed by atoms with Crippen LogP contribution in [-0.2, 0) is 4.79 Å². The first-order valence-corrected chi connectivity index (χ1v) is 6.47. The molecule has 1 aromatic heterocycles. The van der Waals surface area contributed by atoms with E-state index in [0.29, 0.717) is 12.8 Å². The number of hydrogen-bond donors (Lipinski definition) is 4. The molecule has 8 nitrogen and oxygen atoms in total. The molecule has 4 N–H and O–H groups in total. The van der Waals surface area contributed by atoms with Gasteiger partial charge in [-0.2, -0.15) is 0 Å². The molecule has 21 heavy (non-hydrogen) atoms. The zero-order valence-corrected chi connectivity index (χ0v) is 11.1. The predicted molar refractivity (Wildman–Crippen MR) is 72.8 cm³/mol. The van der Waals surface area contributed by atoms with Crippen molar-refractivity contribution in [2.75, 3.05) is 6.61 Å². The topological polar surface area (TPSA) is 133 Å². The van der Waals surface area contributed by atoms with Crippen LogP contribution in [0.15, 0.2) is 21.9 Å². The van der Waals surface area contributed by atoms with Crippen molar-refractivity contribution >= 4 is 12.0 Å². The van der Waals surface area contributed by atoms with Gasteiger partial charge in [0.1, 0.15) is 0 Å². The SMILES string of the molecule is O=C(O)/C=C/c1cn([C@@H]2C[C@H](CO)[C@@H](O)C2)c(=O)[nH]c1=O. The molecule has 0 saturated heterocycles. The van der Waals surface area contributed by atoms with Crippen molar-refractivity contribution in [2.45, 2.75) is 25.0 Å². The number of aliphatic hydroxyl groups excluding tert-OH is 2. The Morgan fingerprint density at radius 1 is 1.43 bits per heavy atom. The second-order valence-corrected chi connectivity index (χ2v) is 5.06. The molecule has 0 radical (unpaired) electrons. The van der Waals surface area contributed by atoms with Gasteiger partial charge in [-0.05, 0) is 18.9 Å². The molecule has 1 aliphatic rings. The highest BCUT2D eigenvalue weighted by Gasteiger charge is 2.34. The fourth-order valence-electron chi connectivity index (χ4n) is 2.55. The minimum atomic E-state index is -1.20. The molecule has 114 valence electrons. The van der Waals surface area contributed by atoms with Gasteiger partial charge in [0.05, 0.1) is 11.7 Å². The lowest BCUT2D eigenvalue weighted by Gasteiger charge is -2.13. The van der Waals surface area contributed by atoms with E-state index in [1.807, 2.05) is 0 Å². The number of nitrogens with zero attached hydrogens (tertiary/aromatic N) is 1. The van der Waals surface area contributed by atoms with E-state index in [2.05, 4.69) is 4.98 Å². The summed E-state index contributed by atoms with van der Waals surface area (Å²) in [7, 11) is 0. The number of carbonyl (C=O) groups is 1. The van der Waals surface area contributed by atoms with Crippen LogP contribution in [0.4, 0.5) is 0 Å². The van der Waals surface area contributed by atoms with Crippen LogP contribution in [-0.4, -0.2) is 43.6 Å². The molecule has 8 heteroatoms. The molecule has 1 aromatic rings. The van der Waals surface area contributed by atoms with Crippen LogP contribution >= 0.6 is 0 Å². The molecule has 0 bridgehead atoms. The van der Waals surface area contributed by atoms with E-state index < -0.39 is 23.3 Å². The van der Waals surface area contributed by atoms with Gasteiger partial charge in [-0.15, -0.1) is 0 Å². The Kier molecular flexibility index (Phi) is 4.39. The Morgan fingerprint density at radius 3 is 2.71 bits per heavy atom. The number of carboxylic acid groups (broad SMARTS) is 1. The molecule has 0 aromatic carbocycles. The third kappa shape index (κ3) is 3.29. The van der Waals surface area contributed by atoms with E-state index in [1.165, 1.54) is 10.8 Å². The van der Waals surface area contributed by atoms with Crippen molar-refractivity contribution in [3.05, 3.63) is 38.7 Å². The van der Waals surface area contributed by atoms with Crippen LogP contribution in [0.1, 0.15) is 24.4 Å². The first kappa shape index (κ1) is 15.2. The number of aromatic nitrogens is 2. The molecule has 1 aliphatic carbocycles. The van der Waals surface area contributed by atoms with Gasteiger partial charge in [0.25, 0.3) is 5.56 Å². The number of H-pyrrole nitrogens is 1. The van der Waals surface area contributed by atoms with Gasteiger partial charge >= 0.3 is 11.7 Å². The molecule has 0 amide bonds. The van der Waals surface area contributed by atoms with Crippen LogP contribution in [0.25, 0.3) is 6.08 Å². The van der Waals surface area contributed by atoms with Crippen LogP contribution in [0.5, 0.6) is 0 Å². The van der Waals surface area contributed by atoms with Crippen LogP contribution < -0.4 is 11.2 Å². The summed E-state index contributed by atoms with van der Waals surface area (Å²) in [5, 5.41) is 27.5. The molecule has 1 heterocycles. The maximum Gasteiger partial charge on any atom is 0.328 e. The van der Waals surface area contributed by atoms with E-state index in [-0.39, 0.29) is 24.1 Å². The van der Waals surface area contributed by atoms with Crippen LogP contribution in [0.3, 0.4) is 0 Å². The minimum Gasteiger partial charge on any atom is -0.478 e. The number of aliphatic carboxylic acids is 1. The predicted octanol–water partition coefficient (Wildman–Crippen LogP) is -1.06. The smallest absolute Gasteiger partial charge is 0.328 e. The Bertz CT molecular complexity index is 674. The highest BCUT2D eigenvalue weighted by Crippen LogP contribution is 2.33. The van der Waals surface area contributed by atoms with Crippen molar-refractivity contribution in [2.24, 2.45) is 5.92 Å². The fourth-order valence-corrected chi connectivity index (χ4v) is 2.55. The third-order valence-electron chi connectivity index (χ3n) is 3.66. The minimum absolute atomic E-state index is 0.0407. The summed E-state index contributed by atoms with van der Waals surface area (Å²) in [5.74, 6) is -1.52. The lowest BCUT2D eigenvalue weighted by atomic mass is 10.1. The average molecular weight is 296 g/mol. The number of hydrogen-bond acceptors (Lipinski definition) is 5. The summed E-state index contributed by atoms with van der Waals surface area (Å²) in [6.07, 6.45) is 3.17. The molecule has 0 spiro atoms. The Balaban J connectivity index is 2.37. The maximum absolute atomic E-state index is 11.8. The molecule has 1 saturated carbocycles. The molecular weight excluding hydrogens is 280 g/mol. The molecule has 3 atom stereocenters. The van der Waals surface area contributed by atoms with E-state index in [4.69, 9.17) is 10.2 Å². The molecule has 2 rings (SSSR count). The summed E-state index contributed by atoms with van der Waals surface area (Å²) in [6.45, 7) is -0.179. The standard InChI is InChI=1S/C13H16N2O6/c16-6-8-3-9(4-10(8)17)15-5-7(1-2-11(18)19)12(20)14-13(15)21/h1-2,5,8-10,16-17H,3-4,6H2,(H,18,19)(H,14,20,21)/b2-1+/t8-,9-,10+/m1/s1. The first-order valence-electron chi connectivity index (χ1n) is 6.47. The second kappa shape index (κ2) is 6.06. The van der Waals surface area contributed by atoms with Crippen LogP contribution in [0.2, 0.25) is 0 Å². The Labute approximate surface area is 119 Å². The number of aliphatic hydroxyl groups is 2. The van der Waals surface area contributed by atoms with Gasteiger partial charge < -0.3 is 15.3 Å². The van der Waals surface area contributed by atoms with Crippen molar-refractivity contribution in [1.82, 2.24) is 9.55 Å². The number of carboxylic acids is 1. The average Bonchev–Trinajstić information content (AvgIpc) is 2.78. The molecule has 1 fully saturated rings. The van der Waals surface area contributed by atoms with Gasteiger partial charge in [-0.1, -0.05) is 0 Å².